The smallest absolute Gasteiger partial charge is 0.236 e. The molecule has 0 bridgehead atoms. The lowest BCUT2D eigenvalue weighted by atomic mass is 9.86. The number of halogens is 1. The van der Waals surface area contributed by atoms with Crippen molar-refractivity contribution in [1.29, 1.82) is 0 Å². The molecule has 170 valence electrons. The van der Waals surface area contributed by atoms with Crippen LogP contribution in [0.5, 0.6) is 11.5 Å². The number of carbonyl (C=O) groups is 2. The fraction of sp³-hybridized carbons (Fsp3) is 0.440. The maximum absolute atomic E-state index is 13.9. The molecular weight excluding hydrogens is 411 g/mol. The van der Waals surface area contributed by atoms with Crippen molar-refractivity contribution in [3.05, 3.63) is 58.9 Å². The Morgan fingerprint density at radius 2 is 1.94 bits per heavy atom. The van der Waals surface area contributed by atoms with Crippen molar-refractivity contribution < 1.29 is 23.5 Å². The lowest BCUT2D eigenvalue weighted by Gasteiger charge is -2.30. The number of nitrogens with two attached hydrogens (primary N) is 1. The van der Waals surface area contributed by atoms with E-state index < -0.39 is 5.91 Å². The van der Waals surface area contributed by atoms with Crippen LogP contribution in [-0.2, 0) is 16.0 Å². The number of carbonyl (C=O) groups excluding carboxylic acids is 2. The second kappa shape index (κ2) is 9.59. The highest BCUT2D eigenvalue weighted by atomic mass is 19.1. The normalized spacial score (nSPS) is 22.4. The Kier molecular flexibility index (Phi) is 6.63. The van der Waals surface area contributed by atoms with Crippen molar-refractivity contribution in [3.63, 3.8) is 0 Å². The molecule has 2 aromatic carbocycles. The van der Waals surface area contributed by atoms with E-state index in [1.54, 1.807) is 13.0 Å². The molecule has 1 aliphatic carbocycles. The lowest BCUT2D eigenvalue weighted by molar-refractivity contribution is -0.128. The first-order chi connectivity index (χ1) is 15.4. The summed E-state index contributed by atoms with van der Waals surface area (Å²) in [5, 5.41) is 2.58. The molecule has 2 aromatic rings. The van der Waals surface area contributed by atoms with E-state index >= 15 is 0 Å². The lowest BCUT2D eigenvalue weighted by Crippen LogP contribution is -2.39. The molecule has 0 saturated heterocycles. The minimum absolute atomic E-state index is 0.0560. The molecule has 1 aliphatic heterocycles. The number of rotatable bonds is 6. The van der Waals surface area contributed by atoms with Gasteiger partial charge < -0.3 is 20.5 Å². The maximum atomic E-state index is 13.9. The fourth-order valence-corrected chi connectivity index (χ4v) is 4.58. The molecule has 1 saturated carbocycles. The Morgan fingerprint density at radius 3 is 2.69 bits per heavy atom. The summed E-state index contributed by atoms with van der Waals surface area (Å²) in [5.74, 6) is 0.650. The topological polar surface area (TPSA) is 90.6 Å². The zero-order valence-corrected chi connectivity index (χ0v) is 18.2. The van der Waals surface area contributed by atoms with Gasteiger partial charge in [0.25, 0.3) is 0 Å². The van der Waals surface area contributed by atoms with Crippen molar-refractivity contribution in [1.82, 2.24) is 5.32 Å². The zero-order chi connectivity index (χ0) is 22.7. The molecular formula is C25H29FN2O4. The SMILES string of the molecule is Cc1c(F)cccc1C1CCc2cc(OC3CCC(C(=O)NCC(N)=O)CC3)ccc2O1. The minimum Gasteiger partial charge on any atom is -0.490 e. The van der Waals surface area contributed by atoms with Gasteiger partial charge in [-0.1, -0.05) is 12.1 Å². The second-order valence-electron chi connectivity index (χ2n) is 8.64. The van der Waals surface area contributed by atoms with Crippen LogP contribution in [0.15, 0.2) is 36.4 Å². The molecule has 0 radical (unpaired) electrons. The summed E-state index contributed by atoms with van der Waals surface area (Å²) in [7, 11) is 0. The van der Waals surface area contributed by atoms with Crippen molar-refractivity contribution >= 4 is 11.8 Å². The van der Waals surface area contributed by atoms with Crippen molar-refractivity contribution in [2.24, 2.45) is 11.7 Å². The van der Waals surface area contributed by atoms with Crippen LogP contribution in [0.1, 0.15) is 54.9 Å². The van der Waals surface area contributed by atoms with Crippen LogP contribution in [-0.4, -0.2) is 24.5 Å². The number of fused-ring (bicyclic) bond motifs is 1. The van der Waals surface area contributed by atoms with Gasteiger partial charge in [-0.3, -0.25) is 9.59 Å². The first kappa shape index (κ1) is 22.1. The molecule has 0 spiro atoms. The standard InChI is InChI=1S/C25H29FN2O4/c1-15-20(3-2-4-21(15)26)23-11-7-17-13-19(10-12-22(17)32-23)31-18-8-5-16(6-9-18)25(30)28-14-24(27)29/h2-4,10,12-13,16,18,23H,5-9,11,14H2,1H3,(H2,27,29)(H,28,30). The van der Waals surface area contributed by atoms with Crippen molar-refractivity contribution in [2.75, 3.05) is 6.54 Å². The monoisotopic (exact) mass is 440 g/mol. The number of benzene rings is 2. The summed E-state index contributed by atoms with van der Waals surface area (Å²) in [5.41, 5.74) is 7.70. The third-order valence-electron chi connectivity index (χ3n) is 6.42. The second-order valence-corrected chi connectivity index (χ2v) is 8.64. The van der Waals surface area contributed by atoms with Gasteiger partial charge in [0.15, 0.2) is 0 Å². The minimum atomic E-state index is -0.538. The van der Waals surface area contributed by atoms with Gasteiger partial charge in [0, 0.05) is 5.92 Å². The van der Waals surface area contributed by atoms with Gasteiger partial charge in [0.1, 0.15) is 23.4 Å². The molecule has 32 heavy (non-hydrogen) atoms. The molecule has 1 atom stereocenters. The average Bonchev–Trinajstić information content (AvgIpc) is 2.79. The number of hydrogen-bond acceptors (Lipinski definition) is 4. The van der Waals surface area contributed by atoms with E-state index in [0.29, 0.717) is 5.56 Å². The number of aryl methyl sites for hydroxylation is 1. The highest BCUT2D eigenvalue weighted by Gasteiger charge is 2.28. The first-order valence-corrected chi connectivity index (χ1v) is 11.2. The van der Waals surface area contributed by atoms with Crippen LogP contribution in [0.25, 0.3) is 0 Å². The predicted octanol–water partition coefficient (Wildman–Crippen LogP) is 3.74. The molecule has 1 unspecified atom stereocenters. The quantitative estimate of drug-likeness (QED) is 0.716. The van der Waals surface area contributed by atoms with Crippen LogP contribution in [0.4, 0.5) is 4.39 Å². The van der Waals surface area contributed by atoms with Gasteiger partial charge in [-0.25, -0.2) is 4.39 Å². The highest BCUT2D eigenvalue weighted by molar-refractivity contribution is 5.84. The van der Waals surface area contributed by atoms with Gasteiger partial charge in [0.2, 0.25) is 11.8 Å². The molecule has 4 rings (SSSR count). The Labute approximate surface area is 187 Å². The Morgan fingerprint density at radius 1 is 1.16 bits per heavy atom. The summed E-state index contributed by atoms with van der Waals surface area (Å²) < 4.78 is 26.3. The first-order valence-electron chi connectivity index (χ1n) is 11.2. The third-order valence-corrected chi connectivity index (χ3v) is 6.42. The number of nitrogens with one attached hydrogen (secondary N) is 1. The summed E-state index contributed by atoms with van der Waals surface area (Å²) in [6.45, 7) is 1.67. The Balaban J connectivity index is 1.33. The summed E-state index contributed by atoms with van der Waals surface area (Å²) >= 11 is 0. The molecule has 2 aliphatic rings. The van der Waals surface area contributed by atoms with E-state index in [1.807, 2.05) is 24.3 Å². The average molecular weight is 441 g/mol. The maximum Gasteiger partial charge on any atom is 0.236 e. The molecule has 2 amide bonds. The largest absolute Gasteiger partial charge is 0.490 e. The molecule has 7 heteroatoms. The van der Waals surface area contributed by atoms with Crippen molar-refractivity contribution in [2.45, 2.75) is 57.7 Å². The molecule has 1 heterocycles. The van der Waals surface area contributed by atoms with E-state index in [0.717, 1.165) is 61.2 Å². The van der Waals surface area contributed by atoms with E-state index in [1.165, 1.54) is 6.07 Å². The van der Waals surface area contributed by atoms with Crippen LogP contribution in [0, 0.1) is 18.7 Å². The number of amides is 2. The van der Waals surface area contributed by atoms with Gasteiger partial charge in [0.05, 0.1) is 12.6 Å². The van der Waals surface area contributed by atoms with Crippen LogP contribution < -0.4 is 20.5 Å². The highest BCUT2D eigenvalue weighted by Crippen LogP contribution is 2.38. The van der Waals surface area contributed by atoms with Crippen molar-refractivity contribution in [3.8, 4) is 11.5 Å². The number of primary amides is 1. The summed E-state index contributed by atoms with van der Waals surface area (Å²) in [4.78, 5) is 22.9. The molecule has 6 nitrogen and oxygen atoms in total. The van der Waals surface area contributed by atoms with Crippen LogP contribution in [0.2, 0.25) is 0 Å². The van der Waals surface area contributed by atoms with E-state index in [2.05, 4.69) is 5.32 Å². The number of hydrogen-bond donors (Lipinski definition) is 2. The molecule has 0 aromatic heterocycles. The van der Waals surface area contributed by atoms with Crippen LogP contribution in [0.3, 0.4) is 0 Å². The van der Waals surface area contributed by atoms with Crippen LogP contribution >= 0.6 is 0 Å². The van der Waals surface area contributed by atoms with E-state index in [4.69, 9.17) is 15.2 Å². The van der Waals surface area contributed by atoms with Gasteiger partial charge in [-0.15, -0.1) is 0 Å². The fourth-order valence-electron chi connectivity index (χ4n) is 4.58. The molecule has 3 N–H and O–H groups in total. The number of ether oxygens (including phenoxy) is 2. The summed E-state index contributed by atoms with van der Waals surface area (Å²) in [6, 6.07) is 11.0. The third kappa shape index (κ3) is 5.03. The van der Waals surface area contributed by atoms with E-state index in [-0.39, 0.29) is 36.4 Å². The summed E-state index contributed by atoms with van der Waals surface area (Å²) in [6.07, 6.45) is 4.52. The molecule has 1 fully saturated rings. The van der Waals surface area contributed by atoms with E-state index in [9.17, 15) is 14.0 Å². The Hall–Kier alpha value is -3.09. The zero-order valence-electron chi connectivity index (χ0n) is 18.2. The van der Waals surface area contributed by atoms with Gasteiger partial charge in [-0.05, 0) is 86.4 Å². The Bertz CT molecular complexity index is 1000. The predicted molar refractivity (Wildman–Crippen MR) is 118 cm³/mol. The van der Waals surface area contributed by atoms with Gasteiger partial charge in [-0.2, -0.15) is 0 Å². The van der Waals surface area contributed by atoms with Gasteiger partial charge >= 0.3 is 0 Å².